The summed E-state index contributed by atoms with van der Waals surface area (Å²) in [5.74, 6) is 0.727. The van der Waals surface area contributed by atoms with Crippen LogP contribution in [-0.2, 0) is 0 Å². The zero-order chi connectivity index (χ0) is 8.27. The van der Waals surface area contributed by atoms with Crippen molar-refractivity contribution in [1.82, 2.24) is 9.97 Å². The van der Waals surface area contributed by atoms with Gasteiger partial charge in [-0.3, -0.25) is 0 Å². The minimum absolute atomic E-state index is 0.241. The molecule has 0 saturated heterocycles. The largest absolute Gasteiger partial charge is 0.231 e. The number of nitrogens with zero attached hydrogens (tertiary/aromatic N) is 5. The van der Waals surface area contributed by atoms with Gasteiger partial charge in [0.25, 0.3) is 0 Å². The summed E-state index contributed by atoms with van der Waals surface area (Å²) in [5, 5.41) is 3.55. The number of hydrogen-bond acceptors (Lipinski definition) is 3. The number of azide groups is 1. The van der Waals surface area contributed by atoms with Crippen LogP contribution in [0.15, 0.2) is 11.2 Å². The maximum atomic E-state index is 8.06. The van der Waals surface area contributed by atoms with Crippen LogP contribution in [0.25, 0.3) is 10.4 Å². The van der Waals surface area contributed by atoms with Gasteiger partial charge in [0.05, 0.1) is 0 Å². The van der Waals surface area contributed by atoms with Crippen molar-refractivity contribution in [3.05, 3.63) is 27.5 Å². The number of aromatic nitrogens is 2. The first-order chi connectivity index (χ1) is 5.22. The van der Waals surface area contributed by atoms with Crippen LogP contribution in [0.4, 0.5) is 5.82 Å². The quantitative estimate of drug-likeness (QED) is 0.280. The molecule has 0 fully saturated rings. The molecule has 0 saturated carbocycles. The van der Waals surface area contributed by atoms with E-state index in [4.69, 9.17) is 17.1 Å². The van der Waals surface area contributed by atoms with E-state index in [0.29, 0.717) is 5.82 Å². The molecule has 1 heterocycles. The highest BCUT2D eigenvalue weighted by atomic mass is 35.5. The number of halogens is 1. The third-order valence-corrected chi connectivity index (χ3v) is 1.13. The van der Waals surface area contributed by atoms with Crippen molar-refractivity contribution >= 4 is 17.4 Å². The van der Waals surface area contributed by atoms with Gasteiger partial charge in [-0.25, -0.2) is 9.97 Å². The highest BCUT2D eigenvalue weighted by molar-refractivity contribution is 6.29. The monoisotopic (exact) mass is 169 g/mol. The minimum atomic E-state index is 0.241. The Hall–Kier alpha value is -1.32. The zero-order valence-corrected chi connectivity index (χ0v) is 6.45. The van der Waals surface area contributed by atoms with E-state index in [-0.39, 0.29) is 11.0 Å². The van der Waals surface area contributed by atoms with Crippen molar-refractivity contribution in [1.29, 1.82) is 0 Å². The van der Waals surface area contributed by atoms with Crippen molar-refractivity contribution in [2.45, 2.75) is 6.92 Å². The summed E-state index contributed by atoms with van der Waals surface area (Å²) in [6.45, 7) is 1.67. The molecule has 0 aliphatic carbocycles. The second kappa shape index (κ2) is 3.18. The highest BCUT2D eigenvalue weighted by Crippen LogP contribution is 2.13. The molecule has 1 aromatic rings. The minimum Gasteiger partial charge on any atom is -0.231 e. The third-order valence-electron chi connectivity index (χ3n) is 0.940. The summed E-state index contributed by atoms with van der Waals surface area (Å²) in [5.41, 5.74) is 8.06. The average molecular weight is 170 g/mol. The lowest BCUT2D eigenvalue weighted by atomic mass is 10.5. The summed E-state index contributed by atoms with van der Waals surface area (Å²) in [4.78, 5) is 10.2. The molecule has 1 aromatic heterocycles. The lowest BCUT2D eigenvalue weighted by Gasteiger charge is -1.93. The first-order valence-corrected chi connectivity index (χ1v) is 3.16. The second-order valence-corrected chi connectivity index (χ2v) is 2.17. The van der Waals surface area contributed by atoms with Crippen LogP contribution < -0.4 is 0 Å². The van der Waals surface area contributed by atoms with Gasteiger partial charge >= 0.3 is 0 Å². The third kappa shape index (κ3) is 2.07. The molecule has 11 heavy (non-hydrogen) atoms. The van der Waals surface area contributed by atoms with Crippen molar-refractivity contribution in [3.63, 3.8) is 0 Å². The fraction of sp³-hybridized carbons (Fsp3) is 0.200. The Kier molecular flexibility index (Phi) is 2.25. The molecule has 0 radical (unpaired) electrons. The van der Waals surface area contributed by atoms with Gasteiger partial charge in [0.2, 0.25) is 0 Å². The summed E-state index contributed by atoms with van der Waals surface area (Å²) in [6.07, 6.45) is 0. The lowest BCUT2D eigenvalue weighted by molar-refractivity contribution is 1.04. The molecular weight excluding hydrogens is 166 g/mol. The normalized spacial score (nSPS) is 8.91. The second-order valence-electron chi connectivity index (χ2n) is 1.79. The van der Waals surface area contributed by atoms with Crippen LogP contribution in [0, 0.1) is 6.92 Å². The van der Waals surface area contributed by atoms with Gasteiger partial charge < -0.3 is 0 Å². The van der Waals surface area contributed by atoms with Crippen molar-refractivity contribution in [2.24, 2.45) is 5.11 Å². The summed E-state index contributed by atoms with van der Waals surface area (Å²) >= 11 is 5.55. The lowest BCUT2D eigenvalue weighted by Crippen LogP contribution is -1.85. The van der Waals surface area contributed by atoms with Gasteiger partial charge in [0.1, 0.15) is 16.8 Å². The molecule has 0 unspecified atom stereocenters. The molecule has 0 atom stereocenters. The van der Waals surface area contributed by atoms with Gasteiger partial charge in [-0.1, -0.05) is 11.6 Å². The molecule has 1 rings (SSSR count). The van der Waals surface area contributed by atoms with Crippen LogP contribution >= 0.6 is 11.6 Å². The molecule has 0 aliphatic heterocycles. The summed E-state index contributed by atoms with van der Waals surface area (Å²) < 4.78 is 0. The predicted octanol–water partition coefficient (Wildman–Crippen LogP) is 2.38. The Balaban J connectivity index is 3.18. The molecule has 56 valence electrons. The molecule has 0 aromatic carbocycles. The van der Waals surface area contributed by atoms with Crippen LogP contribution in [0.1, 0.15) is 5.82 Å². The predicted molar refractivity (Wildman–Crippen MR) is 40.6 cm³/mol. The zero-order valence-electron chi connectivity index (χ0n) is 5.69. The van der Waals surface area contributed by atoms with E-state index in [1.165, 1.54) is 6.07 Å². The molecule has 0 spiro atoms. The van der Waals surface area contributed by atoms with E-state index in [1.807, 2.05) is 0 Å². The van der Waals surface area contributed by atoms with E-state index >= 15 is 0 Å². The summed E-state index contributed by atoms with van der Waals surface area (Å²) in [7, 11) is 0. The van der Waals surface area contributed by atoms with Crippen LogP contribution in [0.5, 0.6) is 0 Å². The van der Waals surface area contributed by atoms with Crippen molar-refractivity contribution < 1.29 is 0 Å². The fourth-order valence-corrected chi connectivity index (χ4v) is 0.833. The van der Waals surface area contributed by atoms with E-state index < -0.39 is 0 Å². The van der Waals surface area contributed by atoms with Gasteiger partial charge in [-0.2, -0.15) is 0 Å². The molecule has 0 amide bonds. The van der Waals surface area contributed by atoms with Gasteiger partial charge in [-0.05, 0) is 17.6 Å². The molecular formula is C5H4ClN5. The average Bonchev–Trinajstić information content (AvgIpc) is 1.85. The van der Waals surface area contributed by atoms with E-state index in [9.17, 15) is 0 Å². The number of aryl methyl sites for hydroxylation is 1. The molecule has 0 aliphatic rings. The van der Waals surface area contributed by atoms with Gasteiger partial charge in [0.15, 0.2) is 0 Å². The first-order valence-electron chi connectivity index (χ1n) is 2.78. The molecule has 0 N–H and O–H groups in total. The van der Waals surface area contributed by atoms with Crippen LogP contribution in [0.2, 0.25) is 5.15 Å². The van der Waals surface area contributed by atoms with E-state index in [2.05, 4.69) is 20.0 Å². The van der Waals surface area contributed by atoms with Gasteiger partial charge in [-0.15, -0.1) is 0 Å². The standard InChI is InChI=1S/C5H4ClN5/c1-3-8-4(6)2-5(9-3)10-11-7/h2H,1H3. The maximum absolute atomic E-state index is 8.06. The van der Waals surface area contributed by atoms with Crippen molar-refractivity contribution in [2.75, 3.05) is 0 Å². The number of rotatable bonds is 1. The molecule has 5 nitrogen and oxygen atoms in total. The topological polar surface area (TPSA) is 74.5 Å². The SMILES string of the molecule is Cc1nc(Cl)cc(N=[N+]=[N-])n1. The van der Waals surface area contributed by atoms with E-state index in [0.717, 1.165) is 0 Å². The number of hydrogen-bond donors (Lipinski definition) is 0. The highest BCUT2D eigenvalue weighted by Gasteiger charge is 1.95. The summed E-state index contributed by atoms with van der Waals surface area (Å²) in [6, 6.07) is 1.40. The Labute approximate surface area is 67.7 Å². The smallest absolute Gasteiger partial charge is 0.133 e. The maximum Gasteiger partial charge on any atom is 0.133 e. The Morgan fingerprint density at radius 2 is 2.36 bits per heavy atom. The Morgan fingerprint density at radius 1 is 1.64 bits per heavy atom. The van der Waals surface area contributed by atoms with Crippen molar-refractivity contribution in [3.8, 4) is 0 Å². The van der Waals surface area contributed by atoms with Crippen LogP contribution in [-0.4, -0.2) is 9.97 Å². The Bertz CT molecular complexity index is 296. The Morgan fingerprint density at radius 3 is 2.91 bits per heavy atom. The van der Waals surface area contributed by atoms with E-state index in [1.54, 1.807) is 6.92 Å². The molecule has 0 bridgehead atoms. The first kappa shape index (κ1) is 7.78. The van der Waals surface area contributed by atoms with Gasteiger partial charge in [0, 0.05) is 11.0 Å². The fourth-order valence-electron chi connectivity index (χ4n) is 0.613. The molecule has 6 heteroatoms. The van der Waals surface area contributed by atoms with Crippen LogP contribution in [0.3, 0.4) is 0 Å².